The molecular weight excluding hydrogens is 1580 g/mol. The van der Waals surface area contributed by atoms with Gasteiger partial charge in [0.15, 0.2) is 0 Å². The van der Waals surface area contributed by atoms with Crippen molar-refractivity contribution in [2.75, 3.05) is 0 Å². The molecule has 0 aromatic carbocycles. The number of hydrogen-bond acceptors (Lipinski definition) is 8. The zero-order chi connectivity index (χ0) is 32.9. The second-order valence-corrected chi connectivity index (χ2v) is 12.2. The van der Waals surface area contributed by atoms with E-state index in [1.54, 1.807) is 13.8 Å². The summed E-state index contributed by atoms with van der Waals surface area (Å²) in [6.45, 7) is 25.8. The van der Waals surface area contributed by atoms with Crippen LogP contribution in [0.5, 0.6) is 0 Å². The van der Waals surface area contributed by atoms with Gasteiger partial charge in [-0.25, -0.2) is 0 Å². The summed E-state index contributed by atoms with van der Waals surface area (Å²) in [7, 11) is 3.19. The summed E-state index contributed by atoms with van der Waals surface area (Å²) in [5.41, 5.74) is 0.795. The van der Waals surface area contributed by atoms with E-state index in [0.29, 0.717) is 0 Å². The third kappa shape index (κ3) is 69.3. The molecule has 12 radical (unpaired) electrons. The van der Waals surface area contributed by atoms with Crippen LogP contribution >= 0.6 is 0 Å². The maximum atomic E-state index is 8.96. The molecule has 0 atom stereocenters. The van der Waals surface area contributed by atoms with Crippen molar-refractivity contribution >= 4 is 0 Å². The molecule has 53 heavy (non-hydrogen) atoms. The SMILES string of the molecule is C[C-](C)N(O)[C-](C)C.C[C-](C)N(O)[C-](C)C.C[C-](C)N(O)[C-](C)C.[CH-]1CCC2(CC1)CC[CH-]CC2.[CH2-]N(O)[C-](C)C.[Y].[Y].[Y].[Y].[Y].[Y].[Y].[Y].[Y].[Y].[Y].[Y]. The van der Waals surface area contributed by atoms with Crippen LogP contribution in [0.4, 0.5) is 0 Å². The summed E-state index contributed by atoms with van der Waals surface area (Å²) in [6, 6.07) is 6.15. The largest absolute Gasteiger partial charge is 0.491 e. The molecule has 2 rings (SSSR count). The van der Waals surface area contributed by atoms with Crippen LogP contribution in [0, 0.1) is 67.6 Å². The first kappa shape index (κ1) is 107. The standard InChI is InChI=1S/C11H18.3C6H13NO.C4H9NO.12Y/c1-3-7-11(8-4-1)9-5-2-6-10-11;3*1-5(2)7(8)6(3)4;1-4(2)5(3)6;;;;;;;;;;;;/h1-2H,3-10H2;3*8H,1-4H3;6H,3H2,1-2H3;;;;;;;;;;;;/q5*-2;;;;;;;;;;;;. The molecule has 2 aliphatic carbocycles. The Morgan fingerprint density at radius 2 is 0.491 bits per heavy atom. The van der Waals surface area contributed by atoms with Crippen molar-refractivity contribution in [2.24, 2.45) is 5.41 Å². The van der Waals surface area contributed by atoms with Crippen molar-refractivity contribution in [2.45, 2.75) is 148 Å². The quantitative estimate of drug-likeness (QED) is 0.148. The van der Waals surface area contributed by atoms with Crippen molar-refractivity contribution in [1.29, 1.82) is 0 Å². The summed E-state index contributed by atoms with van der Waals surface area (Å²) >= 11 is 0. The average Bonchev–Trinajstić information content (AvgIpc) is 2.89. The van der Waals surface area contributed by atoms with E-state index in [1.807, 2.05) is 83.1 Å². The molecule has 0 saturated heterocycles. The normalized spacial score (nSPS) is 13.0. The molecule has 0 bridgehead atoms. The van der Waals surface area contributed by atoms with Gasteiger partial charge < -0.3 is 53.9 Å². The Bertz CT molecular complexity index is 506. The van der Waals surface area contributed by atoms with Gasteiger partial charge in [0.1, 0.15) is 0 Å². The van der Waals surface area contributed by atoms with Gasteiger partial charge in [-0.15, -0.1) is 0 Å². The molecule has 0 unspecified atom stereocenters. The summed E-state index contributed by atoms with van der Waals surface area (Å²) in [6.07, 6.45) is 16.5. The minimum atomic E-state index is 0. The van der Waals surface area contributed by atoms with Crippen molar-refractivity contribution < 1.29 is 413 Å². The van der Waals surface area contributed by atoms with E-state index in [-0.39, 0.29) is 393 Å². The first-order valence-corrected chi connectivity index (χ1v) is 14.7. The molecule has 0 amide bonds. The van der Waals surface area contributed by atoms with Crippen LogP contribution in [0.2, 0.25) is 0 Å². The Morgan fingerprint density at radius 1 is 0.358 bits per heavy atom. The van der Waals surface area contributed by atoms with Crippen molar-refractivity contribution in [3.05, 3.63) is 62.2 Å². The summed E-state index contributed by atoms with van der Waals surface area (Å²) in [4.78, 5) is 0. The summed E-state index contributed by atoms with van der Waals surface area (Å²) < 4.78 is 0. The number of rotatable bonds is 7. The maximum absolute atomic E-state index is 8.96. The van der Waals surface area contributed by atoms with E-state index in [0.717, 1.165) is 52.8 Å². The average molecular weight is 1650 g/mol. The Hall–Kier alpha value is 12.9. The predicted molar refractivity (Wildman–Crippen MR) is 170 cm³/mol. The second-order valence-electron chi connectivity index (χ2n) is 12.2. The number of hydrogen-bond donors (Lipinski definition) is 4. The first-order valence-electron chi connectivity index (χ1n) is 14.7. The molecule has 2 saturated carbocycles. The Morgan fingerprint density at radius 3 is 0.566 bits per heavy atom. The molecule has 0 aliphatic heterocycles. The third-order valence-electron chi connectivity index (χ3n) is 6.57. The zero-order valence-corrected chi connectivity index (χ0v) is 70.1. The molecule has 4 N–H and O–H groups in total. The van der Waals surface area contributed by atoms with Crippen LogP contribution in [0.3, 0.4) is 0 Å². The third-order valence-corrected chi connectivity index (χ3v) is 6.57. The topological polar surface area (TPSA) is 93.9 Å². The molecule has 288 valence electrons. The fourth-order valence-electron chi connectivity index (χ4n) is 4.01. The van der Waals surface area contributed by atoms with E-state index < -0.39 is 0 Å². The van der Waals surface area contributed by atoms with E-state index in [4.69, 9.17) is 20.8 Å². The van der Waals surface area contributed by atoms with Gasteiger partial charge in [0.25, 0.3) is 0 Å². The monoisotopic (exact) mass is 1650 g/mol. The smallest absolute Gasteiger partial charge is 0 e. The van der Waals surface area contributed by atoms with Crippen LogP contribution in [0.1, 0.15) is 148 Å². The van der Waals surface area contributed by atoms with Gasteiger partial charge in [0.2, 0.25) is 0 Å². The predicted octanol–water partition coefficient (Wildman–Crippen LogP) is 10.0. The molecular formula is C33H66N4O4Y12-10. The molecule has 2 aliphatic rings. The van der Waals surface area contributed by atoms with Gasteiger partial charge in [-0.05, 0) is 5.41 Å². The number of hydroxylamine groups is 8. The van der Waals surface area contributed by atoms with E-state index in [1.165, 1.54) is 66.6 Å². The van der Waals surface area contributed by atoms with Gasteiger partial charge in [0.05, 0.1) is 0 Å². The fourth-order valence-corrected chi connectivity index (χ4v) is 4.01. The molecule has 0 heterocycles. The van der Waals surface area contributed by atoms with Crippen LogP contribution in [0.15, 0.2) is 0 Å². The van der Waals surface area contributed by atoms with Crippen LogP contribution in [-0.2, 0) is 393 Å². The molecule has 20 heteroatoms. The molecule has 0 aromatic rings. The van der Waals surface area contributed by atoms with Crippen molar-refractivity contribution in [1.82, 2.24) is 20.3 Å². The molecule has 8 nitrogen and oxygen atoms in total. The molecule has 0 aromatic heterocycles. The van der Waals surface area contributed by atoms with Gasteiger partial charge in [0, 0.05) is 393 Å². The maximum Gasteiger partial charge on any atom is 0 e. The minimum Gasteiger partial charge on any atom is -0.491 e. The van der Waals surface area contributed by atoms with Crippen LogP contribution < -0.4 is 0 Å². The van der Waals surface area contributed by atoms with E-state index in [9.17, 15) is 0 Å². The van der Waals surface area contributed by atoms with Crippen LogP contribution in [-0.4, -0.2) is 41.1 Å². The van der Waals surface area contributed by atoms with Crippen LogP contribution in [0.25, 0.3) is 0 Å². The second kappa shape index (κ2) is 69.2. The van der Waals surface area contributed by atoms with Gasteiger partial charge in [-0.2, -0.15) is 123 Å². The Balaban J connectivity index is -0.0000000251. The van der Waals surface area contributed by atoms with Crippen molar-refractivity contribution in [3.8, 4) is 0 Å². The number of nitrogens with zero attached hydrogens (tertiary/aromatic N) is 4. The molecule has 1 spiro atoms. The summed E-state index contributed by atoms with van der Waals surface area (Å²) in [5, 5.41) is 39.5. The summed E-state index contributed by atoms with van der Waals surface area (Å²) in [5.74, 6) is 0. The Labute approximate surface area is 633 Å². The van der Waals surface area contributed by atoms with Gasteiger partial charge in [-0.3, -0.25) is 49.3 Å². The van der Waals surface area contributed by atoms with Gasteiger partial charge in [-0.1, -0.05) is 25.7 Å². The first-order chi connectivity index (χ1) is 18.7. The Kier molecular flexibility index (Phi) is 140. The van der Waals surface area contributed by atoms with E-state index in [2.05, 4.69) is 19.9 Å². The van der Waals surface area contributed by atoms with E-state index >= 15 is 0 Å². The van der Waals surface area contributed by atoms with Crippen molar-refractivity contribution in [3.63, 3.8) is 0 Å². The van der Waals surface area contributed by atoms with Gasteiger partial charge >= 0.3 is 0 Å². The zero-order valence-electron chi connectivity index (χ0n) is 36.0. The molecule has 2 fully saturated rings. The fraction of sp³-hybridized carbons (Fsp3) is 0.697. The minimum absolute atomic E-state index is 0.